The highest BCUT2D eigenvalue weighted by Crippen LogP contribution is 2.49. The van der Waals surface area contributed by atoms with Gasteiger partial charge in [0, 0.05) is 33.5 Å². The van der Waals surface area contributed by atoms with Crippen molar-refractivity contribution < 1.29 is 0 Å². The SMILES string of the molecule is C[P+](C)(C)Cc1ccccn1. The first-order valence-electron chi connectivity index (χ1n) is 3.78. The van der Waals surface area contributed by atoms with E-state index in [0.717, 1.165) is 6.16 Å². The molecule has 0 unspecified atom stereocenters. The molecule has 0 aromatic carbocycles. The quantitative estimate of drug-likeness (QED) is 0.618. The van der Waals surface area contributed by atoms with Crippen molar-refractivity contribution in [3.63, 3.8) is 0 Å². The van der Waals surface area contributed by atoms with Gasteiger partial charge in [0.2, 0.25) is 0 Å². The standard InChI is InChI=1S/C9H15NP/c1-11(2,3)8-9-6-4-5-7-10-9/h4-7H,8H2,1-3H3/q+1. The molecule has 1 rings (SSSR count). The van der Waals surface area contributed by atoms with Gasteiger partial charge in [0.05, 0.1) is 5.69 Å². The van der Waals surface area contributed by atoms with Crippen LogP contribution in [0.1, 0.15) is 5.69 Å². The third kappa shape index (κ3) is 3.48. The summed E-state index contributed by atoms with van der Waals surface area (Å²) in [7, 11) is -0.700. The van der Waals surface area contributed by atoms with Gasteiger partial charge in [0.25, 0.3) is 0 Å². The highest BCUT2D eigenvalue weighted by atomic mass is 31.2. The van der Waals surface area contributed by atoms with E-state index < -0.39 is 7.26 Å². The van der Waals surface area contributed by atoms with E-state index in [2.05, 4.69) is 37.1 Å². The lowest BCUT2D eigenvalue weighted by Gasteiger charge is -2.09. The van der Waals surface area contributed by atoms with Crippen molar-refractivity contribution in [2.45, 2.75) is 6.16 Å². The molecular formula is C9H15NP+. The fourth-order valence-electron chi connectivity index (χ4n) is 0.978. The molecule has 0 N–H and O–H groups in total. The van der Waals surface area contributed by atoms with Crippen molar-refractivity contribution in [3.05, 3.63) is 30.1 Å². The van der Waals surface area contributed by atoms with E-state index >= 15 is 0 Å². The van der Waals surface area contributed by atoms with Gasteiger partial charge in [-0.15, -0.1) is 0 Å². The Morgan fingerprint density at radius 2 is 2.00 bits per heavy atom. The van der Waals surface area contributed by atoms with E-state index in [9.17, 15) is 0 Å². The summed E-state index contributed by atoms with van der Waals surface area (Å²) in [4.78, 5) is 4.29. The Kier molecular flexibility index (Phi) is 2.62. The molecule has 2 heteroatoms. The van der Waals surface area contributed by atoms with Crippen LogP contribution in [0.2, 0.25) is 0 Å². The molecule has 0 bridgehead atoms. The number of nitrogens with zero attached hydrogens (tertiary/aromatic N) is 1. The van der Waals surface area contributed by atoms with E-state index in [4.69, 9.17) is 0 Å². The molecular weight excluding hydrogens is 153 g/mol. The van der Waals surface area contributed by atoms with Crippen molar-refractivity contribution in [3.8, 4) is 0 Å². The Labute approximate surface area is 69.2 Å². The molecule has 1 heterocycles. The third-order valence-corrected chi connectivity index (χ3v) is 2.64. The number of pyridine rings is 1. The number of hydrogen-bond donors (Lipinski definition) is 0. The summed E-state index contributed by atoms with van der Waals surface area (Å²) in [6.07, 6.45) is 3.03. The number of rotatable bonds is 2. The van der Waals surface area contributed by atoms with Crippen LogP contribution in [0.3, 0.4) is 0 Å². The van der Waals surface area contributed by atoms with Crippen LogP contribution in [0.15, 0.2) is 24.4 Å². The van der Waals surface area contributed by atoms with E-state index in [-0.39, 0.29) is 0 Å². The fraction of sp³-hybridized carbons (Fsp3) is 0.444. The van der Waals surface area contributed by atoms with Gasteiger partial charge in [0.1, 0.15) is 6.16 Å². The van der Waals surface area contributed by atoms with Crippen molar-refractivity contribution >= 4 is 7.26 Å². The minimum Gasteiger partial charge on any atom is -0.257 e. The van der Waals surface area contributed by atoms with E-state index in [1.165, 1.54) is 5.69 Å². The van der Waals surface area contributed by atoms with Gasteiger partial charge in [0.15, 0.2) is 0 Å². The van der Waals surface area contributed by atoms with E-state index in [0.29, 0.717) is 0 Å². The topological polar surface area (TPSA) is 12.9 Å². The highest BCUT2D eigenvalue weighted by Gasteiger charge is 2.17. The lowest BCUT2D eigenvalue weighted by atomic mass is 10.4. The van der Waals surface area contributed by atoms with Crippen LogP contribution in [-0.4, -0.2) is 25.0 Å². The number of hydrogen-bond acceptors (Lipinski definition) is 1. The van der Waals surface area contributed by atoms with Gasteiger partial charge in [-0.3, -0.25) is 4.98 Å². The highest BCUT2D eigenvalue weighted by molar-refractivity contribution is 7.72. The Morgan fingerprint density at radius 1 is 1.27 bits per heavy atom. The van der Waals surface area contributed by atoms with E-state index in [1.54, 1.807) is 0 Å². The van der Waals surface area contributed by atoms with Crippen LogP contribution in [0.25, 0.3) is 0 Å². The van der Waals surface area contributed by atoms with Crippen molar-refractivity contribution in [1.82, 2.24) is 4.98 Å². The molecule has 0 aliphatic rings. The summed E-state index contributed by atoms with van der Waals surface area (Å²) in [6.45, 7) is 7.00. The minimum absolute atomic E-state index is 0.700. The van der Waals surface area contributed by atoms with Gasteiger partial charge in [-0.05, 0) is 12.1 Å². The zero-order valence-electron chi connectivity index (χ0n) is 7.41. The minimum atomic E-state index is -0.700. The average Bonchev–Trinajstić information content (AvgIpc) is 1.85. The second-order valence-electron chi connectivity index (χ2n) is 3.77. The van der Waals surface area contributed by atoms with E-state index in [1.807, 2.05) is 12.3 Å². The molecule has 1 nitrogen and oxygen atoms in total. The Balaban J connectivity index is 2.66. The second kappa shape index (κ2) is 3.32. The third-order valence-electron chi connectivity index (χ3n) is 1.36. The van der Waals surface area contributed by atoms with Crippen molar-refractivity contribution in [2.75, 3.05) is 20.0 Å². The van der Waals surface area contributed by atoms with Gasteiger partial charge >= 0.3 is 0 Å². The normalized spacial score (nSPS) is 11.5. The first-order chi connectivity index (χ1) is 5.08. The van der Waals surface area contributed by atoms with Crippen LogP contribution in [0, 0.1) is 0 Å². The molecule has 11 heavy (non-hydrogen) atoms. The molecule has 1 aromatic rings. The predicted octanol–water partition coefficient (Wildman–Crippen LogP) is 2.49. The molecule has 0 saturated heterocycles. The monoisotopic (exact) mass is 168 g/mol. The second-order valence-corrected chi connectivity index (χ2v) is 8.67. The smallest absolute Gasteiger partial charge is 0.100 e. The molecule has 0 amide bonds. The molecule has 0 radical (unpaired) electrons. The lowest BCUT2D eigenvalue weighted by molar-refractivity contribution is 1.16. The van der Waals surface area contributed by atoms with Crippen LogP contribution in [0.5, 0.6) is 0 Å². The molecule has 0 aliphatic heterocycles. The summed E-state index contributed by atoms with van der Waals surface area (Å²) in [5.74, 6) is 0. The molecule has 60 valence electrons. The Hall–Kier alpha value is -0.420. The Bertz CT molecular complexity index is 213. The molecule has 1 aromatic heterocycles. The maximum atomic E-state index is 4.29. The van der Waals surface area contributed by atoms with Crippen molar-refractivity contribution in [2.24, 2.45) is 0 Å². The summed E-state index contributed by atoms with van der Waals surface area (Å²) in [5, 5.41) is 0. The van der Waals surface area contributed by atoms with Gasteiger partial charge in [-0.25, -0.2) is 0 Å². The molecule has 0 fully saturated rings. The summed E-state index contributed by atoms with van der Waals surface area (Å²) in [5.41, 5.74) is 1.23. The Morgan fingerprint density at radius 3 is 2.45 bits per heavy atom. The van der Waals surface area contributed by atoms with Crippen LogP contribution in [-0.2, 0) is 6.16 Å². The van der Waals surface area contributed by atoms with Gasteiger partial charge in [-0.1, -0.05) is 6.07 Å². The van der Waals surface area contributed by atoms with Crippen molar-refractivity contribution in [1.29, 1.82) is 0 Å². The summed E-state index contributed by atoms with van der Waals surface area (Å²) < 4.78 is 0. The van der Waals surface area contributed by atoms with Crippen LogP contribution in [0.4, 0.5) is 0 Å². The summed E-state index contributed by atoms with van der Waals surface area (Å²) in [6, 6.07) is 6.12. The largest absolute Gasteiger partial charge is 0.257 e. The lowest BCUT2D eigenvalue weighted by Crippen LogP contribution is -1.93. The van der Waals surface area contributed by atoms with Crippen LogP contribution < -0.4 is 0 Å². The van der Waals surface area contributed by atoms with Gasteiger partial charge < -0.3 is 0 Å². The van der Waals surface area contributed by atoms with Gasteiger partial charge in [-0.2, -0.15) is 0 Å². The molecule has 0 spiro atoms. The zero-order valence-corrected chi connectivity index (χ0v) is 8.31. The zero-order chi connectivity index (χ0) is 8.32. The first kappa shape index (κ1) is 8.67. The average molecular weight is 168 g/mol. The molecule has 0 atom stereocenters. The molecule has 0 aliphatic carbocycles. The first-order valence-corrected chi connectivity index (χ1v) is 7.10. The summed E-state index contributed by atoms with van der Waals surface area (Å²) >= 11 is 0. The fourth-order valence-corrected chi connectivity index (χ4v) is 2.14. The maximum Gasteiger partial charge on any atom is 0.100 e. The maximum absolute atomic E-state index is 4.29. The predicted molar refractivity (Wildman–Crippen MR) is 52.6 cm³/mol. The molecule has 0 saturated carbocycles. The van der Waals surface area contributed by atoms with Crippen LogP contribution >= 0.6 is 7.26 Å². The number of aromatic nitrogens is 1.